The summed E-state index contributed by atoms with van der Waals surface area (Å²) in [6, 6.07) is 2.50. The third-order valence-electron chi connectivity index (χ3n) is 6.01. The Hall–Kier alpha value is -3.41. The number of ether oxygens (including phenoxy) is 3. The molecule has 3 aromatic rings. The van der Waals surface area contributed by atoms with Gasteiger partial charge in [-0.15, -0.1) is 0 Å². The van der Waals surface area contributed by atoms with Crippen molar-refractivity contribution < 1.29 is 31.8 Å². The van der Waals surface area contributed by atoms with Crippen molar-refractivity contribution in [3.05, 3.63) is 30.0 Å². The maximum Gasteiger partial charge on any atom is 0.282 e. The first-order valence-corrected chi connectivity index (χ1v) is 11.0. The molecule has 2 aliphatic rings. The molecular weight excluding hydrogens is 470 g/mol. The zero-order valence-electron chi connectivity index (χ0n) is 19.1. The topological polar surface area (TPSA) is 81.6 Å². The first-order valence-electron chi connectivity index (χ1n) is 11.0. The van der Waals surface area contributed by atoms with Gasteiger partial charge in [0.1, 0.15) is 5.52 Å². The predicted molar refractivity (Wildman–Crippen MR) is 120 cm³/mol. The van der Waals surface area contributed by atoms with Gasteiger partial charge in [0, 0.05) is 24.3 Å². The first-order chi connectivity index (χ1) is 16.8. The number of nitrogens with one attached hydrogen (secondary N) is 1. The molecular formula is C23H23F4N5O3. The fourth-order valence-electron chi connectivity index (χ4n) is 4.25. The van der Waals surface area contributed by atoms with Crippen LogP contribution in [-0.4, -0.2) is 67.4 Å². The second-order valence-corrected chi connectivity index (χ2v) is 8.52. The summed E-state index contributed by atoms with van der Waals surface area (Å²) in [4.78, 5) is 14.5. The molecule has 2 aliphatic heterocycles. The molecule has 0 bridgehead atoms. The fourth-order valence-corrected chi connectivity index (χ4v) is 4.25. The highest BCUT2D eigenvalue weighted by atomic mass is 19.3. The molecule has 4 heterocycles. The van der Waals surface area contributed by atoms with Crippen LogP contribution in [0.3, 0.4) is 0 Å². The minimum absolute atomic E-state index is 0.0117. The second-order valence-electron chi connectivity index (χ2n) is 8.52. The lowest BCUT2D eigenvalue weighted by atomic mass is 10.1. The Balaban J connectivity index is 1.63. The van der Waals surface area contributed by atoms with Crippen LogP contribution in [0, 0.1) is 11.6 Å². The third kappa shape index (κ3) is 4.38. The Bertz CT molecular complexity index is 1230. The van der Waals surface area contributed by atoms with Crippen molar-refractivity contribution in [3.63, 3.8) is 0 Å². The van der Waals surface area contributed by atoms with Gasteiger partial charge in [0.05, 0.1) is 51.2 Å². The molecule has 5 rings (SSSR count). The minimum atomic E-state index is -2.90. The van der Waals surface area contributed by atoms with Gasteiger partial charge >= 0.3 is 0 Å². The van der Waals surface area contributed by atoms with E-state index >= 15 is 8.78 Å². The van der Waals surface area contributed by atoms with Gasteiger partial charge in [0.2, 0.25) is 5.95 Å². The van der Waals surface area contributed by atoms with Crippen molar-refractivity contribution in [2.24, 2.45) is 0 Å². The fraction of sp³-hybridized carbons (Fsp3) is 0.435. The van der Waals surface area contributed by atoms with Crippen LogP contribution in [0.25, 0.3) is 22.2 Å². The van der Waals surface area contributed by atoms with Crippen LogP contribution in [0.4, 0.5) is 29.3 Å². The van der Waals surface area contributed by atoms with E-state index in [0.717, 1.165) is 18.9 Å². The average Bonchev–Trinajstić information content (AvgIpc) is 2.83. The van der Waals surface area contributed by atoms with Gasteiger partial charge in [0.15, 0.2) is 29.0 Å². The molecule has 1 N–H and O–H groups in total. The molecule has 0 radical (unpaired) electrons. The van der Waals surface area contributed by atoms with Crippen LogP contribution >= 0.6 is 0 Å². The van der Waals surface area contributed by atoms with Crippen molar-refractivity contribution in [3.8, 4) is 22.8 Å². The van der Waals surface area contributed by atoms with E-state index in [4.69, 9.17) is 14.2 Å². The molecule has 0 unspecified atom stereocenters. The van der Waals surface area contributed by atoms with Crippen LogP contribution in [0.2, 0.25) is 0 Å². The summed E-state index contributed by atoms with van der Waals surface area (Å²) in [5.41, 5.74) is -0.341. The number of halogens is 4. The number of benzene rings is 1. The normalized spacial score (nSPS) is 19.4. The van der Waals surface area contributed by atoms with Gasteiger partial charge < -0.3 is 24.4 Å². The zero-order chi connectivity index (χ0) is 24.7. The van der Waals surface area contributed by atoms with Crippen LogP contribution in [0.5, 0.6) is 11.5 Å². The molecule has 186 valence electrons. The molecule has 8 nitrogen and oxygen atoms in total. The van der Waals surface area contributed by atoms with E-state index in [2.05, 4.69) is 20.3 Å². The van der Waals surface area contributed by atoms with Crippen LogP contribution in [-0.2, 0) is 4.74 Å². The molecule has 1 atom stereocenters. The first kappa shape index (κ1) is 23.3. The Labute approximate surface area is 198 Å². The molecule has 0 spiro atoms. The van der Waals surface area contributed by atoms with Gasteiger partial charge in [-0.2, -0.15) is 0 Å². The third-order valence-corrected chi connectivity index (χ3v) is 6.01. The van der Waals surface area contributed by atoms with E-state index < -0.39 is 36.2 Å². The zero-order valence-corrected chi connectivity index (χ0v) is 19.1. The Morgan fingerprint density at radius 3 is 2.40 bits per heavy atom. The highest BCUT2D eigenvalue weighted by Gasteiger charge is 2.45. The smallest absolute Gasteiger partial charge is 0.282 e. The summed E-state index contributed by atoms with van der Waals surface area (Å²) in [6.45, 7) is 0.0152. The molecule has 2 aromatic heterocycles. The van der Waals surface area contributed by atoms with E-state index in [9.17, 15) is 8.78 Å². The number of alkyl halides is 2. The molecule has 0 saturated carbocycles. The van der Waals surface area contributed by atoms with Crippen molar-refractivity contribution in [2.45, 2.75) is 24.8 Å². The highest BCUT2D eigenvalue weighted by Crippen LogP contribution is 2.40. The molecule has 2 fully saturated rings. The summed E-state index contributed by atoms with van der Waals surface area (Å²) in [7, 11) is 2.47. The lowest BCUT2D eigenvalue weighted by molar-refractivity contribution is -0.0265. The van der Waals surface area contributed by atoms with E-state index in [1.807, 2.05) is 0 Å². The highest BCUT2D eigenvalue weighted by molar-refractivity contribution is 5.92. The second kappa shape index (κ2) is 8.99. The van der Waals surface area contributed by atoms with Gasteiger partial charge in [-0.1, -0.05) is 0 Å². The largest absolute Gasteiger partial charge is 0.494 e. The van der Waals surface area contributed by atoms with E-state index in [1.54, 1.807) is 0 Å². The van der Waals surface area contributed by atoms with Crippen molar-refractivity contribution in [2.75, 3.05) is 50.7 Å². The molecule has 2 saturated heterocycles. The molecule has 0 aliphatic carbocycles. The maximum absolute atomic E-state index is 15.2. The minimum Gasteiger partial charge on any atom is -0.494 e. The van der Waals surface area contributed by atoms with Crippen molar-refractivity contribution in [1.82, 2.24) is 15.0 Å². The average molecular weight is 493 g/mol. The van der Waals surface area contributed by atoms with Gasteiger partial charge in [-0.3, -0.25) is 0 Å². The Morgan fingerprint density at radius 2 is 1.80 bits per heavy atom. The Morgan fingerprint density at radius 1 is 1.09 bits per heavy atom. The van der Waals surface area contributed by atoms with E-state index in [0.29, 0.717) is 18.6 Å². The molecule has 12 heteroatoms. The standard InChI is InChI=1S/C23H23F4N5O3/c1-33-15-7-16(34-2)19(25)17(18(15)24)14-6-12-8-28-22(29-13-4-3-5-35-9-13)31-20(12)21(30-14)32-10-23(26,27)11-32/h6-8,13H,3-5,9-11H2,1-2H3,(H,28,29,31)/t13-/m0/s1. The number of hydrogen-bond acceptors (Lipinski definition) is 8. The number of fused-ring (bicyclic) bond motifs is 1. The van der Waals surface area contributed by atoms with Crippen LogP contribution < -0.4 is 19.7 Å². The van der Waals surface area contributed by atoms with Gasteiger partial charge in [-0.05, 0) is 18.9 Å². The molecule has 35 heavy (non-hydrogen) atoms. The van der Waals surface area contributed by atoms with Crippen molar-refractivity contribution in [1.29, 1.82) is 0 Å². The quantitative estimate of drug-likeness (QED) is 0.516. The summed E-state index contributed by atoms with van der Waals surface area (Å²) in [5.74, 6) is -5.01. The molecule has 0 amide bonds. The number of pyridine rings is 1. The summed E-state index contributed by atoms with van der Waals surface area (Å²) < 4.78 is 73.3. The van der Waals surface area contributed by atoms with E-state index in [1.165, 1.54) is 31.4 Å². The van der Waals surface area contributed by atoms with Gasteiger partial charge in [0.25, 0.3) is 5.92 Å². The van der Waals surface area contributed by atoms with E-state index in [-0.39, 0.29) is 40.5 Å². The summed E-state index contributed by atoms with van der Waals surface area (Å²) >= 11 is 0. The van der Waals surface area contributed by atoms with Crippen LogP contribution in [0.15, 0.2) is 18.3 Å². The Kier molecular flexibility index (Phi) is 5.99. The van der Waals surface area contributed by atoms with Crippen LogP contribution in [0.1, 0.15) is 12.8 Å². The van der Waals surface area contributed by atoms with Crippen molar-refractivity contribution >= 4 is 22.7 Å². The number of nitrogens with zero attached hydrogens (tertiary/aromatic N) is 4. The summed E-state index contributed by atoms with van der Waals surface area (Å²) in [6.07, 6.45) is 3.24. The lowest BCUT2D eigenvalue weighted by Crippen LogP contribution is -2.56. The lowest BCUT2D eigenvalue weighted by Gasteiger charge is -2.39. The number of methoxy groups -OCH3 is 2. The SMILES string of the molecule is COc1cc(OC)c(F)c(-c2cc3cnc(N[C@H]4CCCOC4)nc3c(N3CC(F)(F)C3)n2)c1F. The number of anilines is 2. The number of rotatable bonds is 6. The maximum atomic E-state index is 15.2. The molecule has 1 aromatic carbocycles. The monoisotopic (exact) mass is 493 g/mol. The summed E-state index contributed by atoms with van der Waals surface area (Å²) in [5, 5.41) is 3.57. The number of hydrogen-bond donors (Lipinski definition) is 1. The predicted octanol–water partition coefficient (Wildman–Crippen LogP) is 4.03. The van der Waals surface area contributed by atoms with Gasteiger partial charge in [-0.25, -0.2) is 32.5 Å². The number of aromatic nitrogens is 3.